The van der Waals surface area contributed by atoms with Crippen LogP contribution in [0.3, 0.4) is 0 Å². The second-order valence-corrected chi connectivity index (χ2v) is 5.58. The predicted molar refractivity (Wildman–Crippen MR) is 99.8 cm³/mol. The van der Waals surface area contributed by atoms with Crippen LogP contribution in [0.25, 0.3) is 10.8 Å². The maximum Gasteiger partial charge on any atom is 0.128 e. The molecule has 0 aliphatic carbocycles. The van der Waals surface area contributed by atoms with Crippen LogP contribution in [0.1, 0.15) is 12.5 Å². The Morgan fingerprint density at radius 3 is 2.12 bits per heavy atom. The normalized spacial score (nSPS) is 11.3. The van der Waals surface area contributed by atoms with E-state index in [2.05, 4.69) is 13.5 Å². The molecular weight excluding hydrogens is 296 g/mol. The van der Waals surface area contributed by atoms with Crippen molar-refractivity contribution in [3.05, 3.63) is 90.7 Å². The quantitative estimate of drug-likeness (QED) is 0.400. The van der Waals surface area contributed by atoms with Crippen molar-refractivity contribution >= 4 is 10.8 Å². The maximum atomic E-state index is 5.94. The molecule has 0 N–H and O–H groups in total. The van der Waals surface area contributed by atoms with Gasteiger partial charge >= 0.3 is 0 Å². The van der Waals surface area contributed by atoms with Crippen LogP contribution in [0.15, 0.2) is 85.2 Å². The minimum Gasteiger partial charge on any atom is -0.458 e. The van der Waals surface area contributed by atoms with E-state index >= 15 is 0 Å². The summed E-state index contributed by atoms with van der Waals surface area (Å²) < 4.78 is 11.7. The molecule has 0 bridgehead atoms. The monoisotopic (exact) mass is 316 g/mol. The van der Waals surface area contributed by atoms with Gasteiger partial charge in [-0.25, -0.2) is 0 Å². The molecule has 0 aliphatic rings. The molecule has 3 aromatic rings. The van der Waals surface area contributed by atoms with Gasteiger partial charge in [-0.3, -0.25) is 0 Å². The molecule has 120 valence electrons. The number of fused-ring (bicyclic) bond motifs is 1. The summed E-state index contributed by atoms with van der Waals surface area (Å²) in [5, 5.41) is 2.20. The van der Waals surface area contributed by atoms with Gasteiger partial charge in [0.1, 0.15) is 23.0 Å². The van der Waals surface area contributed by atoms with Crippen molar-refractivity contribution in [3.8, 4) is 17.2 Å². The van der Waals surface area contributed by atoms with Gasteiger partial charge in [0.25, 0.3) is 0 Å². The number of hydrogen-bond donors (Lipinski definition) is 0. The fourth-order valence-electron chi connectivity index (χ4n) is 2.43. The average molecular weight is 316 g/mol. The summed E-state index contributed by atoms with van der Waals surface area (Å²) in [5.74, 6) is 3.15. The Labute approximate surface area is 142 Å². The summed E-state index contributed by atoms with van der Waals surface area (Å²) >= 11 is 0. The first-order valence-electron chi connectivity index (χ1n) is 7.93. The van der Waals surface area contributed by atoms with E-state index in [9.17, 15) is 0 Å². The summed E-state index contributed by atoms with van der Waals surface area (Å²) in [5.41, 5.74) is 1.21. The number of hydrogen-bond acceptors (Lipinski definition) is 2. The van der Waals surface area contributed by atoms with Crippen LogP contribution in [0.4, 0.5) is 0 Å². The molecule has 0 atom stereocenters. The van der Waals surface area contributed by atoms with Gasteiger partial charge in [-0.15, -0.1) is 0 Å². The van der Waals surface area contributed by atoms with Crippen molar-refractivity contribution < 1.29 is 9.47 Å². The van der Waals surface area contributed by atoms with Gasteiger partial charge in [0, 0.05) is 0 Å². The average Bonchev–Trinajstić information content (AvgIpc) is 2.61. The zero-order chi connectivity index (χ0) is 16.9. The number of allylic oxidation sites excluding steroid dienone is 2. The van der Waals surface area contributed by atoms with E-state index < -0.39 is 0 Å². The van der Waals surface area contributed by atoms with Gasteiger partial charge in [-0.2, -0.15) is 0 Å². The highest BCUT2D eigenvalue weighted by Crippen LogP contribution is 2.28. The second kappa shape index (κ2) is 7.05. The number of ether oxygens (including phenoxy) is 2. The van der Waals surface area contributed by atoms with E-state index in [0.29, 0.717) is 0 Å². The fourth-order valence-corrected chi connectivity index (χ4v) is 2.43. The highest BCUT2D eigenvalue weighted by molar-refractivity contribution is 5.85. The summed E-state index contributed by atoms with van der Waals surface area (Å²) in [7, 11) is 0. The van der Waals surface area contributed by atoms with E-state index in [4.69, 9.17) is 9.47 Å². The molecule has 0 aliphatic heterocycles. The molecule has 2 heteroatoms. The van der Waals surface area contributed by atoms with Gasteiger partial charge in [0.2, 0.25) is 0 Å². The Balaban J connectivity index is 1.88. The van der Waals surface area contributed by atoms with Gasteiger partial charge in [-0.05, 0) is 73.2 Å². The molecule has 0 amide bonds. The lowest BCUT2D eigenvalue weighted by molar-refractivity contribution is 0.444. The van der Waals surface area contributed by atoms with Crippen LogP contribution in [0.5, 0.6) is 17.2 Å². The summed E-state index contributed by atoms with van der Waals surface area (Å²) in [4.78, 5) is 0. The largest absolute Gasteiger partial charge is 0.458 e. The Morgan fingerprint density at radius 2 is 1.46 bits per heavy atom. The van der Waals surface area contributed by atoms with Crippen molar-refractivity contribution in [3.63, 3.8) is 0 Å². The standard InChI is InChI=1S/C22H20O2/c1-4-19(5-2)23-21-12-8-17-9-13-22(15-18(17)14-21)24-20-10-6-16(3)7-11-20/h4-15H,1H2,2-3H3/b19-5+. The SMILES string of the molecule is C=C/C(=C\C)Oc1ccc2ccc(Oc3ccc(C)cc3)cc2c1. The third kappa shape index (κ3) is 3.66. The Morgan fingerprint density at radius 1 is 0.833 bits per heavy atom. The van der Waals surface area contributed by atoms with E-state index in [-0.39, 0.29) is 0 Å². The van der Waals surface area contributed by atoms with Crippen molar-refractivity contribution in [2.24, 2.45) is 0 Å². The molecule has 24 heavy (non-hydrogen) atoms. The van der Waals surface area contributed by atoms with E-state index in [1.807, 2.05) is 73.7 Å². The molecule has 0 aromatic heterocycles. The lowest BCUT2D eigenvalue weighted by Gasteiger charge is -2.09. The minimum atomic E-state index is 0.737. The molecule has 0 heterocycles. The van der Waals surface area contributed by atoms with Gasteiger partial charge in [0.15, 0.2) is 0 Å². The number of benzene rings is 3. The van der Waals surface area contributed by atoms with Crippen LogP contribution in [0.2, 0.25) is 0 Å². The Bertz CT molecular complexity index is 889. The Hall–Kier alpha value is -3.00. The molecule has 0 saturated heterocycles. The van der Waals surface area contributed by atoms with E-state index in [1.165, 1.54) is 5.56 Å². The first kappa shape index (κ1) is 15.9. The molecular formula is C22H20O2. The molecule has 0 saturated carbocycles. The number of rotatable bonds is 5. The molecule has 0 radical (unpaired) electrons. The van der Waals surface area contributed by atoms with Crippen LogP contribution in [-0.2, 0) is 0 Å². The summed E-state index contributed by atoms with van der Waals surface area (Å²) in [6, 6.07) is 20.1. The topological polar surface area (TPSA) is 18.5 Å². The van der Waals surface area contributed by atoms with Crippen LogP contribution in [0, 0.1) is 6.92 Å². The zero-order valence-corrected chi connectivity index (χ0v) is 14.0. The van der Waals surface area contributed by atoms with Crippen molar-refractivity contribution in [1.82, 2.24) is 0 Å². The fraction of sp³-hybridized carbons (Fsp3) is 0.0909. The Kier molecular flexibility index (Phi) is 4.66. The van der Waals surface area contributed by atoms with Crippen molar-refractivity contribution in [1.29, 1.82) is 0 Å². The highest BCUT2D eigenvalue weighted by atomic mass is 16.5. The van der Waals surface area contributed by atoms with Crippen LogP contribution in [-0.4, -0.2) is 0 Å². The van der Waals surface area contributed by atoms with Crippen molar-refractivity contribution in [2.45, 2.75) is 13.8 Å². The molecule has 3 aromatic carbocycles. The van der Waals surface area contributed by atoms with E-state index in [1.54, 1.807) is 6.08 Å². The first-order valence-corrected chi connectivity index (χ1v) is 7.93. The van der Waals surface area contributed by atoms with Gasteiger partial charge in [-0.1, -0.05) is 36.4 Å². The van der Waals surface area contributed by atoms with Gasteiger partial charge in [0.05, 0.1) is 0 Å². The summed E-state index contributed by atoms with van der Waals surface area (Å²) in [6.07, 6.45) is 3.58. The zero-order valence-electron chi connectivity index (χ0n) is 14.0. The molecule has 0 fully saturated rings. The lowest BCUT2D eigenvalue weighted by Crippen LogP contribution is -1.91. The first-order chi connectivity index (χ1) is 11.7. The van der Waals surface area contributed by atoms with Crippen LogP contribution >= 0.6 is 0 Å². The molecule has 2 nitrogen and oxygen atoms in total. The molecule has 0 spiro atoms. The molecule has 0 unspecified atom stereocenters. The smallest absolute Gasteiger partial charge is 0.128 e. The second-order valence-electron chi connectivity index (χ2n) is 5.58. The van der Waals surface area contributed by atoms with Crippen LogP contribution < -0.4 is 9.47 Å². The summed E-state index contributed by atoms with van der Waals surface area (Å²) in [6.45, 7) is 7.73. The van der Waals surface area contributed by atoms with Gasteiger partial charge < -0.3 is 9.47 Å². The lowest BCUT2D eigenvalue weighted by atomic mass is 10.1. The predicted octanol–water partition coefficient (Wildman–Crippen LogP) is 6.41. The molecule has 3 rings (SSSR count). The number of aryl methyl sites for hydroxylation is 1. The third-order valence-corrected chi connectivity index (χ3v) is 3.76. The maximum absolute atomic E-state index is 5.94. The van der Waals surface area contributed by atoms with Crippen molar-refractivity contribution in [2.75, 3.05) is 0 Å². The minimum absolute atomic E-state index is 0.737. The third-order valence-electron chi connectivity index (χ3n) is 3.76. The highest BCUT2D eigenvalue weighted by Gasteiger charge is 2.03. The van der Waals surface area contributed by atoms with E-state index in [0.717, 1.165) is 33.8 Å².